The molecule has 2 atom stereocenters. The van der Waals surface area contributed by atoms with Crippen LogP contribution in [-0.2, 0) is 0 Å². The Labute approximate surface area is 120 Å². The summed E-state index contributed by atoms with van der Waals surface area (Å²) in [4.78, 5) is 0. The van der Waals surface area contributed by atoms with Gasteiger partial charge < -0.3 is 0 Å². The van der Waals surface area contributed by atoms with Crippen LogP contribution in [0.5, 0.6) is 0 Å². The van der Waals surface area contributed by atoms with Gasteiger partial charge in [-0.25, -0.2) is 0 Å². The van der Waals surface area contributed by atoms with E-state index in [1.165, 1.54) is 35.1 Å². The van der Waals surface area contributed by atoms with Crippen LogP contribution < -0.4 is 0 Å². The van der Waals surface area contributed by atoms with E-state index in [0.29, 0.717) is 11.8 Å². The first-order valence-corrected chi connectivity index (χ1v) is 7.46. The van der Waals surface area contributed by atoms with Crippen LogP contribution in [0, 0.1) is 11.8 Å². The highest BCUT2D eigenvalue weighted by Gasteiger charge is 2.30. The fourth-order valence-electron chi connectivity index (χ4n) is 3.58. The van der Waals surface area contributed by atoms with Crippen LogP contribution in [0.3, 0.4) is 0 Å². The third-order valence-electron chi connectivity index (χ3n) is 4.56. The molecule has 0 N–H and O–H groups in total. The van der Waals surface area contributed by atoms with E-state index in [-0.39, 0.29) is 0 Å². The third kappa shape index (κ3) is 1.92. The van der Waals surface area contributed by atoms with Gasteiger partial charge in [-0.1, -0.05) is 72.8 Å². The Morgan fingerprint density at radius 3 is 1.30 bits per heavy atom. The van der Waals surface area contributed by atoms with Gasteiger partial charge in [-0.2, -0.15) is 0 Å². The van der Waals surface area contributed by atoms with Crippen molar-refractivity contribution < 1.29 is 0 Å². The van der Waals surface area contributed by atoms with Crippen LogP contribution in [0.2, 0.25) is 0 Å². The molecule has 0 fully saturated rings. The first kappa shape index (κ1) is 11.7. The maximum absolute atomic E-state index is 2.51. The molecule has 2 aromatic carbocycles. The molecular formula is C20H18. The molecule has 0 amide bonds. The largest absolute Gasteiger partial charge is 0.0726 e. The molecule has 0 heteroatoms. The quantitative estimate of drug-likeness (QED) is 0.695. The molecule has 2 aromatic rings. The van der Waals surface area contributed by atoms with Crippen LogP contribution in [0.25, 0.3) is 11.1 Å². The predicted molar refractivity (Wildman–Crippen MR) is 85.1 cm³/mol. The van der Waals surface area contributed by atoms with Crippen molar-refractivity contribution in [2.24, 2.45) is 11.8 Å². The minimum atomic E-state index is 0.595. The van der Waals surface area contributed by atoms with Crippen molar-refractivity contribution in [1.29, 1.82) is 0 Å². The Hall–Kier alpha value is -2.08. The molecular weight excluding hydrogens is 240 g/mol. The Morgan fingerprint density at radius 2 is 0.950 bits per heavy atom. The number of rotatable bonds is 2. The SMILES string of the molecule is C1=C(c2ccccc2)C2C=C(c3ccccc3)C1CC2. The van der Waals surface area contributed by atoms with Crippen molar-refractivity contribution in [3.05, 3.63) is 83.9 Å². The zero-order valence-corrected chi connectivity index (χ0v) is 11.5. The van der Waals surface area contributed by atoms with Gasteiger partial charge in [0.15, 0.2) is 0 Å². The van der Waals surface area contributed by atoms with Gasteiger partial charge in [0.05, 0.1) is 0 Å². The van der Waals surface area contributed by atoms with Crippen molar-refractivity contribution in [2.45, 2.75) is 12.8 Å². The molecule has 0 aromatic heterocycles. The second kappa shape index (κ2) is 4.79. The summed E-state index contributed by atoms with van der Waals surface area (Å²) in [6.45, 7) is 0. The molecule has 98 valence electrons. The van der Waals surface area contributed by atoms with Crippen molar-refractivity contribution in [2.75, 3.05) is 0 Å². The Kier molecular flexibility index (Phi) is 2.81. The van der Waals surface area contributed by atoms with E-state index >= 15 is 0 Å². The molecule has 0 radical (unpaired) electrons. The van der Waals surface area contributed by atoms with Gasteiger partial charge in [-0.15, -0.1) is 0 Å². The maximum Gasteiger partial charge on any atom is 0.00275 e. The second-order valence-electron chi connectivity index (χ2n) is 5.77. The summed E-state index contributed by atoms with van der Waals surface area (Å²) in [5.74, 6) is 1.19. The number of hydrogen-bond donors (Lipinski definition) is 0. The lowest BCUT2D eigenvalue weighted by molar-refractivity contribution is 0.556. The zero-order valence-electron chi connectivity index (χ0n) is 11.5. The average Bonchev–Trinajstić information content (AvgIpc) is 2.57. The maximum atomic E-state index is 2.51. The molecule has 0 saturated carbocycles. The number of benzene rings is 2. The summed E-state index contributed by atoms with van der Waals surface area (Å²) in [6, 6.07) is 21.7. The molecule has 20 heavy (non-hydrogen) atoms. The predicted octanol–water partition coefficient (Wildman–Crippen LogP) is 5.19. The van der Waals surface area contributed by atoms with Gasteiger partial charge in [0, 0.05) is 11.8 Å². The fraction of sp³-hybridized carbons (Fsp3) is 0.200. The molecule has 0 spiro atoms. The van der Waals surface area contributed by atoms with Gasteiger partial charge in [-0.05, 0) is 35.1 Å². The summed E-state index contributed by atoms with van der Waals surface area (Å²) >= 11 is 0. The lowest BCUT2D eigenvalue weighted by Crippen LogP contribution is -2.20. The Bertz CT molecular complexity index is 600. The van der Waals surface area contributed by atoms with E-state index in [9.17, 15) is 0 Å². The summed E-state index contributed by atoms with van der Waals surface area (Å²) < 4.78 is 0. The third-order valence-corrected chi connectivity index (χ3v) is 4.56. The van der Waals surface area contributed by atoms with Gasteiger partial charge in [0.25, 0.3) is 0 Å². The minimum absolute atomic E-state index is 0.595. The molecule has 3 aliphatic carbocycles. The average molecular weight is 258 g/mol. The fourth-order valence-corrected chi connectivity index (χ4v) is 3.58. The molecule has 0 heterocycles. The van der Waals surface area contributed by atoms with Crippen molar-refractivity contribution in [1.82, 2.24) is 0 Å². The summed E-state index contributed by atoms with van der Waals surface area (Å²) in [6.07, 6.45) is 7.60. The first-order chi connectivity index (χ1) is 9.92. The number of fused-ring (bicyclic) bond motifs is 1. The molecule has 5 rings (SSSR count). The topological polar surface area (TPSA) is 0 Å². The minimum Gasteiger partial charge on any atom is -0.0726 e. The van der Waals surface area contributed by atoms with Gasteiger partial charge in [0.1, 0.15) is 0 Å². The molecule has 0 saturated heterocycles. The van der Waals surface area contributed by atoms with E-state index in [2.05, 4.69) is 72.8 Å². The van der Waals surface area contributed by atoms with Crippen molar-refractivity contribution in [3.8, 4) is 0 Å². The van der Waals surface area contributed by atoms with Crippen LogP contribution >= 0.6 is 0 Å². The standard InChI is InChI=1S/C20H18/c1-3-7-15(8-4-1)19-13-18-12-11-17(19)14-20(18)16-9-5-2-6-10-16/h1-10,13-14,17-18H,11-12H2. The Balaban J connectivity index is 1.72. The number of allylic oxidation sites excluding steroid dienone is 4. The lowest BCUT2D eigenvalue weighted by Gasteiger charge is -2.35. The van der Waals surface area contributed by atoms with Gasteiger partial charge in [0.2, 0.25) is 0 Å². The Morgan fingerprint density at radius 1 is 0.550 bits per heavy atom. The van der Waals surface area contributed by atoms with E-state index in [0.717, 1.165) is 0 Å². The second-order valence-corrected chi connectivity index (χ2v) is 5.77. The highest BCUT2D eigenvalue weighted by Crippen LogP contribution is 2.47. The number of hydrogen-bond acceptors (Lipinski definition) is 0. The van der Waals surface area contributed by atoms with Gasteiger partial charge in [-0.3, -0.25) is 0 Å². The van der Waals surface area contributed by atoms with Gasteiger partial charge >= 0.3 is 0 Å². The van der Waals surface area contributed by atoms with E-state index in [1.54, 1.807) is 0 Å². The molecule has 0 nitrogen and oxygen atoms in total. The van der Waals surface area contributed by atoms with Crippen LogP contribution in [0.1, 0.15) is 24.0 Å². The summed E-state index contributed by atoms with van der Waals surface area (Å²) in [7, 11) is 0. The van der Waals surface area contributed by atoms with E-state index < -0.39 is 0 Å². The molecule has 3 aliphatic rings. The van der Waals surface area contributed by atoms with E-state index in [1.807, 2.05) is 0 Å². The van der Waals surface area contributed by atoms with Crippen LogP contribution in [0.4, 0.5) is 0 Å². The monoisotopic (exact) mass is 258 g/mol. The summed E-state index contributed by atoms with van der Waals surface area (Å²) in [5.41, 5.74) is 5.85. The van der Waals surface area contributed by atoms with E-state index in [4.69, 9.17) is 0 Å². The lowest BCUT2D eigenvalue weighted by atomic mass is 9.69. The first-order valence-electron chi connectivity index (χ1n) is 7.46. The van der Waals surface area contributed by atoms with Crippen LogP contribution in [-0.4, -0.2) is 0 Å². The molecule has 0 aliphatic heterocycles. The van der Waals surface area contributed by atoms with Crippen molar-refractivity contribution >= 4 is 11.1 Å². The highest BCUT2D eigenvalue weighted by molar-refractivity contribution is 5.82. The molecule has 2 bridgehead atoms. The summed E-state index contributed by atoms with van der Waals surface area (Å²) in [5, 5.41) is 0. The van der Waals surface area contributed by atoms with Crippen LogP contribution in [0.15, 0.2) is 72.8 Å². The highest BCUT2D eigenvalue weighted by atomic mass is 14.3. The van der Waals surface area contributed by atoms with Crippen molar-refractivity contribution in [3.63, 3.8) is 0 Å². The molecule has 2 unspecified atom stereocenters. The zero-order chi connectivity index (χ0) is 13.4. The smallest absolute Gasteiger partial charge is 0.00275 e. The normalized spacial score (nSPS) is 24.2.